The maximum absolute atomic E-state index is 12.6. The summed E-state index contributed by atoms with van der Waals surface area (Å²) in [4.78, 5) is 18.9. The molecule has 1 unspecified atom stereocenters. The van der Waals surface area contributed by atoms with E-state index in [0.717, 1.165) is 31.9 Å². The largest absolute Gasteiger partial charge is 0.448 e. The van der Waals surface area contributed by atoms with Gasteiger partial charge in [-0.15, -0.1) is 0 Å². The van der Waals surface area contributed by atoms with Gasteiger partial charge in [0, 0.05) is 31.5 Å². The van der Waals surface area contributed by atoms with Crippen LogP contribution in [0.5, 0.6) is 0 Å². The van der Waals surface area contributed by atoms with Crippen molar-refractivity contribution in [3.8, 4) is 11.1 Å². The van der Waals surface area contributed by atoms with Crippen molar-refractivity contribution >= 4 is 11.9 Å². The molecule has 0 radical (unpaired) electrons. The summed E-state index contributed by atoms with van der Waals surface area (Å²) in [5.41, 5.74) is 4.99. The van der Waals surface area contributed by atoms with Crippen LogP contribution in [0.25, 0.3) is 11.1 Å². The molecule has 1 fully saturated rings. The number of amides is 1. The summed E-state index contributed by atoms with van der Waals surface area (Å²) >= 11 is 0. The van der Waals surface area contributed by atoms with Crippen LogP contribution in [0.2, 0.25) is 0 Å². The number of ether oxygens (including phenoxy) is 1. The van der Waals surface area contributed by atoms with Crippen molar-refractivity contribution in [2.24, 2.45) is 10.9 Å². The highest BCUT2D eigenvalue weighted by molar-refractivity contribution is 5.87. The number of hydrogen-bond donors (Lipinski definition) is 1. The number of likely N-dealkylation sites (tertiary alicyclic amines) is 1. The quantitative estimate of drug-likeness (QED) is 0.913. The lowest BCUT2D eigenvalue weighted by molar-refractivity contribution is 0.107. The predicted octanol–water partition coefficient (Wildman–Crippen LogP) is 3.26. The lowest BCUT2D eigenvalue weighted by Gasteiger charge is -2.19. The molecule has 5 rings (SSSR count). The molecule has 138 valence electrons. The van der Waals surface area contributed by atoms with Gasteiger partial charge in [-0.3, -0.25) is 4.99 Å². The topological polar surface area (TPSA) is 53.9 Å². The molecule has 1 amide bonds. The van der Waals surface area contributed by atoms with Crippen LogP contribution in [0.15, 0.2) is 53.5 Å². The van der Waals surface area contributed by atoms with Crippen molar-refractivity contribution in [1.29, 1.82) is 0 Å². The third-order valence-electron chi connectivity index (χ3n) is 5.87. The van der Waals surface area contributed by atoms with Crippen molar-refractivity contribution in [2.45, 2.75) is 12.3 Å². The van der Waals surface area contributed by atoms with Gasteiger partial charge in [-0.2, -0.15) is 0 Å². The molecule has 2 aliphatic heterocycles. The zero-order valence-corrected chi connectivity index (χ0v) is 15.2. The van der Waals surface area contributed by atoms with E-state index >= 15 is 0 Å². The fourth-order valence-corrected chi connectivity index (χ4v) is 4.52. The molecule has 1 N–H and O–H groups in total. The minimum atomic E-state index is -0.210. The first-order valence-corrected chi connectivity index (χ1v) is 9.69. The van der Waals surface area contributed by atoms with Gasteiger partial charge in [-0.25, -0.2) is 4.79 Å². The number of amidine groups is 1. The molecule has 1 atom stereocenters. The number of hydrogen-bond acceptors (Lipinski definition) is 4. The Hall–Kier alpha value is -2.82. The Bertz CT molecular complexity index is 862. The molecule has 2 aromatic carbocycles. The highest BCUT2D eigenvalue weighted by atomic mass is 16.6. The molecular formula is C22H23N3O2. The van der Waals surface area contributed by atoms with E-state index in [1.54, 1.807) is 0 Å². The van der Waals surface area contributed by atoms with Crippen LogP contribution >= 0.6 is 0 Å². The number of benzene rings is 2. The Balaban J connectivity index is 1.27. The number of carbonyl (C=O) groups is 1. The number of rotatable bonds is 3. The van der Waals surface area contributed by atoms with E-state index in [1.165, 1.54) is 22.3 Å². The number of nitrogens with zero attached hydrogens (tertiary/aromatic N) is 2. The normalized spacial score (nSPS) is 20.8. The second-order valence-corrected chi connectivity index (χ2v) is 7.43. The smallest absolute Gasteiger partial charge is 0.409 e. The molecule has 0 aromatic heterocycles. The first kappa shape index (κ1) is 16.4. The van der Waals surface area contributed by atoms with Crippen LogP contribution in [0.3, 0.4) is 0 Å². The van der Waals surface area contributed by atoms with Crippen molar-refractivity contribution in [3.63, 3.8) is 0 Å². The number of fused-ring (bicyclic) bond motifs is 3. The van der Waals surface area contributed by atoms with Gasteiger partial charge in [0.15, 0.2) is 0 Å². The second-order valence-electron chi connectivity index (χ2n) is 7.43. The Morgan fingerprint density at radius 1 is 1.11 bits per heavy atom. The van der Waals surface area contributed by atoms with E-state index in [1.807, 2.05) is 4.90 Å². The van der Waals surface area contributed by atoms with Crippen molar-refractivity contribution < 1.29 is 9.53 Å². The fraction of sp³-hybridized carbons (Fsp3) is 0.364. The van der Waals surface area contributed by atoms with Crippen molar-refractivity contribution in [1.82, 2.24) is 10.2 Å². The monoisotopic (exact) mass is 361 g/mol. The molecule has 27 heavy (non-hydrogen) atoms. The van der Waals surface area contributed by atoms with Gasteiger partial charge in [-0.05, 0) is 28.7 Å². The number of nitrogens with one attached hydrogen (secondary N) is 1. The molecule has 2 aromatic rings. The summed E-state index contributed by atoms with van der Waals surface area (Å²) in [6.07, 6.45) is 0.744. The Morgan fingerprint density at radius 2 is 1.81 bits per heavy atom. The van der Waals surface area contributed by atoms with E-state index in [2.05, 4.69) is 58.8 Å². The molecule has 0 spiro atoms. The van der Waals surface area contributed by atoms with Gasteiger partial charge in [0.25, 0.3) is 0 Å². The zero-order chi connectivity index (χ0) is 18.2. The van der Waals surface area contributed by atoms with E-state index in [4.69, 9.17) is 4.74 Å². The first-order valence-electron chi connectivity index (χ1n) is 9.69. The Labute approximate surface area is 159 Å². The summed E-state index contributed by atoms with van der Waals surface area (Å²) in [7, 11) is 0. The third-order valence-corrected chi connectivity index (χ3v) is 5.87. The molecule has 3 aliphatic rings. The average molecular weight is 361 g/mol. The molecule has 1 aliphatic carbocycles. The van der Waals surface area contributed by atoms with Crippen molar-refractivity contribution in [3.05, 3.63) is 59.7 Å². The van der Waals surface area contributed by atoms with E-state index in [-0.39, 0.29) is 12.0 Å². The molecule has 5 nitrogen and oxygen atoms in total. The van der Waals surface area contributed by atoms with Gasteiger partial charge in [0.2, 0.25) is 0 Å². The lowest BCUT2D eigenvalue weighted by atomic mass is 9.98. The predicted molar refractivity (Wildman–Crippen MR) is 105 cm³/mol. The van der Waals surface area contributed by atoms with Gasteiger partial charge in [0.1, 0.15) is 12.4 Å². The minimum Gasteiger partial charge on any atom is -0.448 e. The van der Waals surface area contributed by atoms with E-state index in [9.17, 15) is 4.79 Å². The molecule has 2 heterocycles. The minimum absolute atomic E-state index is 0.112. The van der Waals surface area contributed by atoms with Crippen LogP contribution in [0, 0.1) is 5.92 Å². The van der Waals surface area contributed by atoms with Crippen LogP contribution in [-0.4, -0.2) is 49.6 Å². The van der Waals surface area contributed by atoms with E-state index < -0.39 is 0 Å². The summed E-state index contributed by atoms with van der Waals surface area (Å²) in [5.74, 6) is 1.50. The highest BCUT2D eigenvalue weighted by Crippen LogP contribution is 2.44. The van der Waals surface area contributed by atoms with Crippen molar-refractivity contribution in [2.75, 3.05) is 32.8 Å². The zero-order valence-electron chi connectivity index (χ0n) is 15.2. The van der Waals surface area contributed by atoms with Crippen LogP contribution in [0.4, 0.5) is 4.79 Å². The molecule has 1 saturated heterocycles. The van der Waals surface area contributed by atoms with Crippen LogP contribution < -0.4 is 5.32 Å². The summed E-state index contributed by atoms with van der Waals surface area (Å²) in [5, 5.41) is 3.33. The summed E-state index contributed by atoms with van der Waals surface area (Å²) in [6, 6.07) is 16.8. The average Bonchev–Trinajstić information content (AvgIpc) is 3.44. The Morgan fingerprint density at radius 3 is 2.48 bits per heavy atom. The maximum atomic E-state index is 12.6. The fourth-order valence-electron chi connectivity index (χ4n) is 4.52. The van der Waals surface area contributed by atoms with Gasteiger partial charge < -0.3 is 15.0 Å². The van der Waals surface area contributed by atoms with Gasteiger partial charge in [0.05, 0.1) is 6.54 Å². The Kier molecular flexibility index (Phi) is 4.07. The van der Waals surface area contributed by atoms with Crippen LogP contribution in [0.1, 0.15) is 23.5 Å². The summed E-state index contributed by atoms with van der Waals surface area (Å²) < 4.78 is 5.76. The molecular weight excluding hydrogens is 338 g/mol. The number of aliphatic imine (C=N–C) groups is 1. The molecule has 0 bridgehead atoms. The third kappa shape index (κ3) is 2.87. The van der Waals surface area contributed by atoms with Crippen LogP contribution in [-0.2, 0) is 4.74 Å². The SMILES string of the molecule is O=C(OCC1c2ccccc2-c2ccccc21)N1CCC(C2=NCCN2)C1. The second kappa shape index (κ2) is 6.72. The number of carbonyl (C=O) groups excluding carboxylic acids is 1. The highest BCUT2D eigenvalue weighted by Gasteiger charge is 2.33. The van der Waals surface area contributed by atoms with Gasteiger partial charge >= 0.3 is 6.09 Å². The first-order chi connectivity index (χ1) is 13.3. The summed E-state index contributed by atoms with van der Waals surface area (Å²) in [6.45, 7) is 3.57. The maximum Gasteiger partial charge on any atom is 0.409 e. The standard InChI is InChI=1S/C22H23N3O2/c26-22(25-12-9-15(13-25)21-23-10-11-24-21)27-14-20-18-7-3-1-5-16(18)17-6-2-4-8-19(17)20/h1-8,15,20H,9-14H2,(H,23,24). The molecule has 0 saturated carbocycles. The molecule has 5 heteroatoms. The van der Waals surface area contributed by atoms with E-state index in [0.29, 0.717) is 19.1 Å². The van der Waals surface area contributed by atoms with Gasteiger partial charge in [-0.1, -0.05) is 48.5 Å². The lowest BCUT2D eigenvalue weighted by Crippen LogP contribution is -2.33.